The monoisotopic (exact) mass is 325 g/mol. The minimum Gasteiger partial charge on any atom is -0.508 e. The Morgan fingerprint density at radius 1 is 0.958 bits per heavy atom. The Bertz CT molecular complexity index is 699. The first-order valence-electron chi connectivity index (χ1n) is 8.33. The average molecular weight is 325 g/mol. The molecule has 2 aromatic rings. The number of rotatable bonds is 3. The van der Waals surface area contributed by atoms with Gasteiger partial charge in [-0.1, -0.05) is 38.1 Å². The highest BCUT2D eigenvalue weighted by Crippen LogP contribution is 2.33. The maximum atomic E-state index is 12.0. The third-order valence-corrected chi connectivity index (χ3v) is 4.73. The predicted molar refractivity (Wildman–Crippen MR) is 93.5 cm³/mol. The highest BCUT2D eigenvalue weighted by atomic mass is 16.6. The van der Waals surface area contributed by atoms with Gasteiger partial charge in [-0.25, -0.2) is 4.79 Å². The predicted octanol–water partition coefficient (Wildman–Crippen LogP) is 4.31. The number of aromatic hydroxyl groups is 1. The second kappa shape index (κ2) is 6.56. The molecule has 0 aromatic heterocycles. The molecule has 1 N–H and O–H groups in total. The molecule has 24 heavy (non-hydrogen) atoms. The number of nitrogens with zero attached hydrogens (tertiary/aromatic N) is 1. The van der Waals surface area contributed by atoms with E-state index in [1.165, 1.54) is 0 Å². The summed E-state index contributed by atoms with van der Waals surface area (Å²) >= 11 is 0. The van der Waals surface area contributed by atoms with Gasteiger partial charge >= 0.3 is 6.09 Å². The lowest BCUT2D eigenvalue weighted by molar-refractivity contribution is 0.163. The lowest BCUT2D eigenvalue weighted by atomic mass is 9.78. The number of phenols is 1. The number of likely N-dealkylation sites (tertiary alicyclic amines) is 1. The van der Waals surface area contributed by atoms with E-state index in [2.05, 4.69) is 13.8 Å². The van der Waals surface area contributed by atoms with E-state index in [4.69, 9.17) is 4.74 Å². The Hall–Kier alpha value is -2.49. The van der Waals surface area contributed by atoms with Crippen LogP contribution in [-0.2, 0) is 5.41 Å². The van der Waals surface area contributed by atoms with Crippen LogP contribution in [0.4, 0.5) is 4.79 Å². The molecule has 4 nitrogen and oxygen atoms in total. The molecule has 1 aliphatic rings. The van der Waals surface area contributed by atoms with Crippen molar-refractivity contribution in [2.45, 2.75) is 32.1 Å². The third kappa shape index (κ3) is 3.37. The number of carbonyl (C=O) groups excluding carboxylic acids is 1. The Kier molecular flexibility index (Phi) is 4.47. The summed E-state index contributed by atoms with van der Waals surface area (Å²) in [4.78, 5) is 13.8. The fraction of sp³-hybridized carbons (Fsp3) is 0.350. The molecular weight excluding hydrogens is 302 g/mol. The van der Waals surface area contributed by atoms with Gasteiger partial charge in [0.15, 0.2) is 0 Å². The number of ether oxygens (including phenoxy) is 1. The molecule has 0 atom stereocenters. The van der Waals surface area contributed by atoms with Gasteiger partial charge in [-0.05, 0) is 48.2 Å². The molecule has 126 valence electrons. The molecule has 0 radical (unpaired) electrons. The van der Waals surface area contributed by atoms with Crippen molar-refractivity contribution in [1.82, 2.24) is 4.90 Å². The van der Waals surface area contributed by atoms with Gasteiger partial charge in [-0.15, -0.1) is 0 Å². The van der Waals surface area contributed by atoms with Crippen LogP contribution < -0.4 is 4.74 Å². The van der Waals surface area contributed by atoms with Crippen LogP contribution in [0.5, 0.6) is 11.5 Å². The van der Waals surface area contributed by atoms with Crippen molar-refractivity contribution >= 4 is 6.09 Å². The van der Waals surface area contributed by atoms with Gasteiger partial charge in [0.2, 0.25) is 0 Å². The maximum absolute atomic E-state index is 12.0. The highest BCUT2D eigenvalue weighted by molar-refractivity contribution is 5.71. The lowest BCUT2D eigenvalue weighted by Gasteiger charge is -2.26. The molecule has 3 rings (SSSR count). The Balaban J connectivity index is 1.73. The minimum absolute atomic E-state index is 0.203. The lowest BCUT2D eigenvalue weighted by Crippen LogP contribution is -2.30. The summed E-state index contributed by atoms with van der Waals surface area (Å²) in [5.74, 6) is 0.830. The van der Waals surface area contributed by atoms with Crippen LogP contribution in [0.1, 0.15) is 37.8 Å². The van der Waals surface area contributed by atoms with E-state index in [0.29, 0.717) is 5.75 Å². The first-order valence-corrected chi connectivity index (χ1v) is 8.33. The molecule has 0 bridgehead atoms. The van der Waals surface area contributed by atoms with Crippen LogP contribution in [0, 0.1) is 0 Å². The number of amides is 1. The normalized spacial score (nSPS) is 14.7. The molecule has 1 saturated heterocycles. The summed E-state index contributed by atoms with van der Waals surface area (Å²) in [6, 6.07) is 14.9. The van der Waals surface area contributed by atoms with Crippen LogP contribution in [0.2, 0.25) is 0 Å². The van der Waals surface area contributed by atoms with E-state index in [0.717, 1.165) is 37.1 Å². The van der Waals surface area contributed by atoms with Crippen molar-refractivity contribution in [2.24, 2.45) is 0 Å². The molecule has 1 amide bonds. The molecule has 4 heteroatoms. The molecule has 0 unspecified atom stereocenters. The Morgan fingerprint density at radius 3 is 2.00 bits per heavy atom. The zero-order valence-corrected chi connectivity index (χ0v) is 14.2. The van der Waals surface area contributed by atoms with Crippen LogP contribution in [0.3, 0.4) is 0 Å². The second-order valence-electron chi connectivity index (χ2n) is 6.76. The summed E-state index contributed by atoms with van der Waals surface area (Å²) in [6.45, 7) is 5.82. The van der Waals surface area contributed by atoms with E-state index in [1.807, 2.05) is 36.4 Å². The van der Waals surface area contributed by atoms with Crippen molar-refractivity contribution in [3.63, 3.8) is 0 Å². The smallest absolute Gasteiger partial charge is 0.415 e. The molecule has 1 aliphatic heterocycles. The summed E-state index contributed by atoms with van der Waals surface area (Å²) in [5, 5.41) is 9.45. The van der Waals surface area contributed by atoms with E-state index < -0.39 is 0 Å². The topological polar surface area (TPSA) is 49.8 Å². The van der Waals surface area contributed by atoms with E-state index in [-0.39, 0.29) is 17.3 Å². The van der Waals surface area contributed by atoms with Gasteiger partial charge in [-0.3, -0.25) is 0 Å². The second-order valence-corrected chi connectivity index (χ2v) is 6.76. The van der Waals surface area contributed by atoms with Crippen LogP contribution in [0.15, 0.2) is 48.5 Å². The zero-order valence-electron chi connectivity index (χ0n) is 14.2. The van der Waals surface area contributed by atoms with Crippen molar-refractivity contribution in [1.29, 1.82) is 0 Å². The maximum Gasteiger partial charge on any atom is 0.415 e. The fourth-order valence-corrected chi connectivity index (χ4v) is 3.05. The summed E-state index contributed by atoms with van der Waals surface area (Å²) < 4.78 is 5.44. The molecule has 1 fully saturated rings. The molecule has 0 saturated carbocycles. The van der Waals surface area contributed by atoms with Crippen molar-refractivity contribution in [3.8, 4) is 11.5 Å². The first-order chi connectivity index (χ1) is 11.5. The third-order valence-electron chi connectivity index (χ3n) is 4.73. The standard InChI is InChI=1S/C20H23NO3/c1-20(2,15-5-9-17(22)10-6-15)16-7-11-18(12-8-16)24-19(23)21-13-3-4-14-21/h5-12,22H,3-4,13-14H2,1-2H3. The quantitative estimate of drug-likeness (QED) is 0.914. The zero-order chi connectivity index (χ0) is 17.2. The summed E-state index contributed by atoms with van der Waals surface area (Å²) in [5.41, 5.74) is 2.03. The van der Waals surface area contributed by atoms with E-state index >= 15 is 0 Å². The van der Waals surface area contributed by atoms with Gasteiger partial charge in [0, 0.05) is 18.5 Å². The number of benzene rings is 2. The van der Waals surface area contributed by atoms with E-state index in [1.54, 1.807) is 17.0 Å². The first kappa shape index (κ1) is 16.4. The molecule has 0 spiro atoms. The van der Waals surface area contributed by atoms with Crippen molar-refractivity contribution in [2.75, 3.05) is 13.1 Å². The minimum atomic E-state index is -0.266. The van der Waals surface area contributed by atoms with Crippen molar-refractivity contribution < 1.29 is 14.6 Å². The Labute approximate surface area is 142 Å². The van der Waals surface area contributed by atoms with Gasteiger partial charge in [0.1, 0.15) is 11.5 Å². The van der Waals surface area contributed by atoms with Gasteiger partial charge in [-0.2, -0.15) is 0 Å². The van der Waals surface area contributed by atoms with Gasteiger partial charge < -0.3 is 14.7 Å². The van der Waals surface area contributed by atoms with Crippen molar-refractivity contribution in [3.05, 3.63) is 59.7 Å². The largest absolute Gasteiger partial charge is 0.508 e. The molecule has 0 aliphatic carbocycles. The van der Waals surface area contributed by atoms with Crippen LogP contribution in [0.25, 0.3) is 0 Å². The fourth-order valence-electron chi connectivity index (χ4n) is 3.05. The highest BCUT2D eigenvalue weighted by Gasteiger charge is 2.24. The summed E-state index contributed by atoms with van der Waals surface area (Å²) in [7, 11) is 0. The molecular formula is C20H23NO3. The number of hydrogen-bond acceptors (Lipinski definition) is 3. The number of phenolic OH excluding ortho intramolecular Hbond substituents is 1. The van der Waals surface area contributed by atoms with Crippen LogP contribution >= 0.6 is 0 Å². The molecule has 1 heterocycles. The SMILES string of the molecule is CC(C)(c1ccc(O)cc1)c1ccc(OC(=O)N2CCCC2)cc1. The van der Waals surface area contributed by atoms with E-state index in [9.17, 15) is 9.90 Å². The number of carbonyl (C=O) groups is 1. The molecule has 2 aromatic carbocycles. The number of hydrogen-bond donors (Lipinski definition) is 1. The Morgan fingerprint density at radius 2 is 1.46 bits per heavy atom. The summed E-state index contributed by atoms with van der Waals surface area (Å²) in [6.07, 6.45) is 1.84. The average Bonchev–Trinajstić information content (AvgIpc) is 3.10. The van der Waals surface area contributed by atoms with Gasteiger partial charge in [0.05, 0.1) is 0 Å². The van der Waals surface area contributed by atoms with Gasteiger partial charge in [0.25, 0.3) is 0 Å². The van der Waals surface area contributed by atoms with Crippen LogP contribution in [-0.4, -0.2) is 29.2 Å².